The highest BCUT2D eigenvalue weighted by molar-refractivity contribution is 7.80. The average Bonchev–Trinajstić information content (AvgIpc) is 1.49. The van der Waals surface area contributed by atoms with Crippen LogP contribution >= 0.6 is 70.8 Å². The lowest BCUT2D eigenvalue weighted by Gasteiger charge is -2.33. The normalized spacial score (nSPS) is 14.1. The monoisotopic (exact) mass is 1990 g/mol. The molecule has 2 aliphatic carbocycles. The number of nitrogens with zero attached hydrogens (tertiary/aromatic N) is 8. The van der Waals surface area contributed by atoms with Crippen molar-refractivity contribution in [2.75, 3.05) is 25.3 Å². The summed E-state index contributed by atoms with van der Waals surface area (Å²) in [7, 11) is 3.23. The van der Waals surface area contributed by atoms with Gasteiger partial charge in [0.1, 0.15) is 79.0 Å². The number of primary amides is 1. The Bertz CT molecular complexity index is 7230. The number of ether oxygens (including phenoxy) is 9. The van der Waals surface area contributed by atoms with Crippen LogP contribution in [0.1, 0.15) is 123 Å². The van der Waals surface area contributed by atoms with Crippen LogP contribution in [0.15, 0.2) is 229 Å². The Morgan fingerprint density at radius 3 is 1.17 bits per heavy atom. The Morgan fingerprint density at radius 1 is 0.507 bits per heavy atom. The van der Waals surface area contributed by atoms with Gasteiger partial charge in [-0.25, -0.2) is 0 Å². The highest BCUT2D eigenvalue weighted by Crippen LogP contribution is 2.44. The van der Waals surface area contributed by atoms with E-state index in [-0.39, 0.29) is 72.4 Å². The number of nitrogens with one attached hydrogen (secondary N) is 5. The number of rotatable bonds is 15. The third-order valence-corrected chi connectivity index (χ3v) is 22.3. The Kier molecular flexibility index (Phi) is 30.9. The van der Waals surface area contributed by atoms with Crippen LogP contribution in [0.2, 0.25) is 20.1 Å². The summed E-state index contributed by atoms with van der Waals surface area (Å²) in [6.07, 6.45) is 14.2. The van der Waals surface area contributed by atoms with Gasteiger partial charge in [-0.15, -0.1) is 0 Å². The van der Waals surface area contributed by atoms with Crippen molar-refractivity contribution in [1.82, 2.24) is 50.3 Å². The molecule has 42 heteroatoms. The second kappa shape index (κ2) is 42.5. The first-order valence-corrected chi connectivity index (χ1v) is 44.3. The molecule has 19 rings (SSSR count). The number of hydrogen-bond donors (Lipinski definition) is 9. The SMILES string of the molecule is CC1(C)NC(=O)c2cc3c(Oc4ccc(N)c(Cl)c4)ccnc3cc2O1.CC1(C)NC(=O)c2cc3c(Oc4ccc(NC(=S)NC5CC5)c(Cl)c4)ccnc3cc2O1.CC1(C)NC(=O)c2cc3c(Oc4ccc([N+](=O)[O-])c(Cl)c4)ccnc3cc2O1.COC(C)(C)OC.NC(=O)c1cc2c(Oc3ccc([N+](=O)[O-])c(Cl)c3)ccnc2cc1O.NC1CC1.O=c1ccccn1C(=S)n1ccccc1=O. The molecule has 2 saturated carbocycles. The molecular weight excluding hydrogens is 1900 g/mol. The lowest BCUT2D eigenvalue weighted by molar-refractivity contribution is -0.384. The lowest BCUT2D eigenvalue weighted by Crippen LogP contribution is -2.51. The molecule has 14 aromatic rings. The number of halogens is 4. The molecular formula is C96H88Cl4N16O20S2. The molecule has 0 radical (unpaired) electrons. The van der Waals surface area contributed by atoms with Crippen LogP contribution in [-0.2, 0) is 9.47 Å². The molecule has 138 heavy (non-hydrogen) atoms. The molecule has 0 bridgehead atoms. The smallest absolute Gasteiger partial charge is 0.288 e. The highest BCUT2D eigenvalue weighted by Gasteiger charge is 2.36. The second-order valence-electron chi connectivity index (χ2n) is 32.9. The van der Waals surface area contributed by atoms with Crippen LogP contribution in [-0.4, -0.2) is 127 Å². The summed E-state index contributed by atoms with van der Waals surface area (Å²) < 4.78 is 53.4. The number of benzene rings is 8. The largest absolute Gasteiger partial charge is 0.507 e. The van der Waals surface area contributed by atoms with Crippen molar-refractivity contribution in [2.24, 2.45) is 11.5 Å². The van der Waals surface area contributed by atoms with E-state index in [4.69, 9.17) is 131 Å². The van der Waals surface area contributed by atoms with Crippen molar-refractivity contribution < 1.29 is 76.8 Å². The number of nitro groups is 2. The second-order valence-corrected chi connectivity index (χ2v) is 35.3. The number of hydrogen-bond acceptors (Lipinski definition) is 28. The van der Waals surface area contributed by atoms with Crippen LogP contribution < -0.4 is 88.1 Å². The number of fused-ring (bicyclic) bond motifs is 7. The summed E-state index contributed by atoms with van der Waals surface area (Å²) in [5, 5.41) is 50.1. The maximum Gasteiger partial charge on any atom is 0.288 e. The third kappa shape index (κ3) is 25.6. The third-order valence-electron chi connectivity index (χ3n) is 20.4. The van der Waals surface area contributed by atoms with Crippen molar-refractivity contribution in [3.63, 3.8) is 0 Å². The highest BCUT2D eigenvalue weighted by atomic mass is 35.5. The maximum atomic E-state index is 12.6. The van der Waals surface area contributed by atoms with Crippen molar-refractivity contribution in [3.8, 4) is 69.0 Å². The number of pyridine rings is 6. The summed E-state index contributed by atoms with van der Waals surface area (Å²) in [6.45, 7) is 14.4. The van der Waals surface area contributed by atoms with Gasteiger partial charge in [-0.05, 0) is 203 Å². The summed E-state index contributed by atoms with van der Waals surface area (Å²) >= 11 is 34.7. The Hall–Kier alpha value is -15.0. The molecule has 0 atom stereocenters. The Labute approximate surface area is 817 Å². The number of methoxy groups -OCH3 is 2. The van der Waals surface area contributed by atoms with Gasteiger partial charge in [-0.1, -0.05) is 58.5 Å². The van der Waals surface area contributed by atoms with E-state index in [1.165, 1.54) is 101 Å². The standard InChI is InChI=1S/C23H21ClN4O3S.C19H14ClN3O5.C19H16ClN3O3.C16H10ClN3O5.C11H8N2O2S.C5H12O2.C3H7N/c1-23(2)28-21(29)15-10-14-18(11-20(15)31-23)25-8-7-19(14)30-13-5-6-17(16(24)9-13)27-22(32)26-12-3-4-12;1-19(2)22-18(24)12-8-11-14(9-17(12)28-19)21-6-5-16(11)27-10-3-4-15(23(25)26)13(20)7-10;1-19(2)23-18(24)12-8-11-15(9-17(12)26-19)22-6-5-16(11)25-10-3-4-14(21)13(20)7-10;17-11-5-8(1-2-13(11)20(23)24)25-15-3-4-19-12-7-14(21)10(16(18)22)6-9(12)15;14-9-5-1-3-7-12(9)11(16)13-8-4-2-6-10(13)15;1-5(2,6-3)7-4;4-3-1-2-3/h5-12H,3-4H2,1-2H3,(H,28,29)(H2,26,27,32);3-9H,1-2H3,(H,22,24);3-9H,21H2,1-2H3,(H,23,24);1-7,21H,(H2,18,22);1-8H;1-4H3;3H,1-2,4H2. The van der Waals surface area contributed by atoms with E-state index < -0.39 is 38.7 Å². The topological polar surface area (TPSA) is 492 Å². The van der Waals surface area contributed by atoms with E-state index in [9.17, 15) is 54.1 Å². The van der Waals surface area contributed by atoms with Crippen molar-refractivity contribution in [2.45, 2.75) is 116 Å². The minimum absolute atomic E-state index is 0.0340. The number of nitro benzene ring substituents is 2. The number of phenols is 1. The molecule has 8 aromatic carbocycles. The van der Waals surface area contributed by atoms with Gasteiger partial charge in [0.2, 0.25) is 0 Å². The van der Waals surface area contributed by atoms with Gasteiger partial charge in [0.15, 0.2) is 33.2 Å². The number of aromatic hydroxyl groups is 1. The average molecular weight is 1990 g/mol. The Balaban J connectivity index is 0.000000143. The first-order valence-electron chi connectivity index (χ1n) is 41.9. The van der Waals surface area contributed by atoms with E-state index in [0.29, 0.717) is 156 Å². The van der Waals surface area contributed by atoms with Gasteiger partial charge >= 0.3 is 0 Å². The fourth-order valence-corrected chi connectivity index (χ4v) is 14.5. The first-order chi connectivity index (χ1) is 65.4. The van der Waals surface area contributed by atoms with Gasteiger partial charge in [0.25, 0.3) is 46.1 Å². The van der Waals surface area contributed by atoms with E-state index in [0.717, 1.165) is 12.8 Å². The number of anilines is 2. The molecule has 6 aromatic heterocycles. The number of amides is 4. The summed E-state index contributed by atoms with van der Waals surface area (Å²) in [6, 6.07) is 48.4. The van der Waals surface area contributed by atoms with Crippen LogP contribution in [0, 0.1) is 20.2 Å². The molecule has 3 aliphatic heterocycles. The zero-order chi connectivity index (χ0) is 99.6. The number of aromatic nitrogens is 6. The Morgan fingerprint density at radius 2 is 0.855 bits per heavy atom. The number of carbonyl (C=O) groups excluding carboxylic acids is 4. The van der Waals surface area contributed by atoms with E-state index >= 15 is 0 Å². The molecule has 712 valence electrons. The van der Waals surface area contributed by atoms with Crippen LogP contribution in [0.5, 0.6) is 69.0 Å². The molecule has 36 nitrogen and oxygen atoms in total. The van der Waals surface area contributed by atoms with Crippen LogP contribution in [0.25, 0.3) is 43.6 Å². The quantitative estimate of drug-likeness (QED) is 0.0151. The van der Waals surface area contributed by atoms with Gasteiger partial charge in [-0.2, -0.15) is 0 Å². The zero-order valence-electron chi connectivity index (χ0n) is 75.1. The zero-order valence-corrected chi connectivity index (χ0v) is 79.8. The van der Waals surface area contributed by atoms with Crippen molar-refractivity contribution in [3.05, 3.63) is 302 Å². The van der Waals surface area contributed by atoms with Crippen LogP contribution in [0.4, 0.5) is 22.7 Å². The molecule has 2 fully saturated rings. The summed E-state index contributed by atoms with van der Waals surface area (Å²) in [4.78, 5) is 110. The molecule has 9 heterocycles. The number of nitrogens with two attached hydrogens (primary N) is 3. The predicted molar refractivity (Wildman–Crippen MR) is 530 cm³/mol. The fraction of sp³-hybridized carbons (Fsp3) is 0.208. The minimum Gasteiger partial charge on any atom is -0.507 e. The molecule has 4 amide bonds. The maximum absolute atomic E-state index is 12.6. The minimum atomic E-state index is -0.818. The fourth-order valence-electron chi connectivity index (χ4n) is 13.0. The van der Waals surface area contributed by atoms with Gasteiger partial charge in [0.05, 0.1) is 75.6 Å². The van der Waals surface area contributed by atoms with Crippen molar-refractivity contribution in [1.29, 1.82) is 0 Å². The van der Waals surface area contributed by atoms with Crippen LogP contribution in [0.3, 0.4) is 0 Å². The number of nitrogen functional groups attached to an aromatic ring is 1. The van der Waals surface area contributed by atoms with Gasteiger partial charge in [0, 0.05) is 158 Å². The number of thiocarbonyl (C=S) groups is 2. The molecule has 0 saturated heterocycles. The molecule has 0 spiro atoms. The van der Waals surface area contributed by atoms with E-state index in [1.54, 1.807) is 190 Å². The van der Waals surface area contributed by atoms with Gasteiger partial charge in [-0.3, -0.25) is 78.1 Å². The van der Waals surface area contributed by atoms with Crippen molar-refractivity contribution >= 4 is 171 Å². The predicted octanol–water partition coefficient (Wildman–Crippen LogP) is 18.8. The lowest BCUT2D eigenvalue weighted by atomic mass is 10.1. The summed E-state index contributed by atoms with van der Waals surface area (Å²) in [5.74, 6) is 2.76. The summed E-state index contributed by atoms with van der Waals surface area (Å²) in [5.41, 5.74) is 17.5. The molecule has 12 N–H and O–H groups in total. The van der Waals surface area contributed by atoms with Gasteiger partial charge < -0.3 is 91.5 Å². The number of carbonyl (C=O) groups is 4. The molecule has 0 unspecified atom stereocenters. The van der Waals surface area contributed by atoms with E-state index in [2.05, 4.69) is 46.5 Å². The first kappa shape index (κ1) is 100. The van der Waals surface area contributed by atoms with E-state index in [1.807, 2.05) is 19.9 Å². The molecule has 5 aliphatic rings.